The molecule has 0 atom stereocenters. The highest BCUT2D eigenvalue weighted by atomic mass is 19.1. The van der Waals surface area contributed by atoms with Crippen LogP contribution in [0.1, 0.15) is 18.1 Å². The van der Waals surface area contributed by atoms with Gasteiger partial charge in [-0.3, -0.25) is 9.59 Å². The third-order valence-electron chi connectivity index (χ3n) is 5.22. The van der Waals surface area contributed by atoms with Crippen LogP contribution in [0.15, 0.2) is 84.6 Å². The number of benzene rings is 3. The van der Waals surface area contributed by atoms with Gasteiger partial charge >= 0.3 is 0 Å². The van der Waals surface area contributed by atoms with Gasteiger partial charge < -0.3 is 9.64 Å². The predicted octanol–water partition coefficient (Wildman–Crippen LogP) is 4.64. The van der Waals surface area contributed by atoms with Crippen molar-refractivity contribution in [1.82, 2.24) is 4.90 Å². The van der Waals surface area contributed by atoms with Crippen molar-refractivity contribution in [2.75, 3.05) is 18.6 Å². The van der Waals surface area contributed by atoms with Gasteiger partial charge in [-0.05, 0) is 48.4 Å². The monoisotopic (exact) mass is 430 g/mol. The number of hydrogen-bond donors (Lipinski definition) is 0. The molecule has 162 valence electrons. The molecule has 3 aromatic carbocycles. The van der Waals surface area contributed by atoms with Crippen LogP contribution in [0, 0.1) is 5.82 Å². The highest BCUT2D eigenvalue weighted by molar-refractivity contribution is 6.45. The van der Waals surface area contributed by atoms with Crippen molar-refractivity contribution in [3.63, 3.8) is 0 Å². The Morgan fingerprint density at radius 2 is 1.62 bits per heavy atom. The largest absolute Gasteiger partial charge is 0.494 e. The molecule has 2 amide bonds. The quantitative estimate of drug-likeness (QED) is 0.513. The number of likely N-dealkylation sites (N-methyl/N-ethyl adjacent to an activating group) is 1. The molecule has 0 spiro atoms. The van der Waals surface area contributed by atoms with E-state index in [4.69, 9.17) is 4.74 Å². The van der Waals surface area contributed by atoms with Crippen LogP contribution in [-0.4, -0.2) is 30.4 Å². The molecular weight excluding hydrogens is 407 g/mol. The molecule has 0 N–H and O–H groups in total. The number of ether oxygens (including phenoxy) is 1. The Balaban J connectivity index is 1.78. The van der Waals surface area contributed by atoms with Gasteiger partial charge in [-0.25, -0.2) is 9.29 Å². The number of rotatable bonds is 7. The zero-order valence-electron chi connectivity index (χ0n) is 17.9. The molecule has 6 heteroatoms. The second kappa shape index (κ2) is 9.06. The number of imide groups is 1. The first-order valence-electron chi connectivity index (χ1n) is 10.4. The summed E-state index contributed by atoms with van der Waals surface area (Å²) in [7, 11) is 1.77. The zero-order chi connectivity index (χ0) is 22.7. The molecule has 0 aromatic heterocycles. The Morgan fingerprint density at radius 3 is 2.28 bits per heavy atom. The van der Waals surface area contributed by atoms with Crippen LogP contribution in [0.2, 0.25) is 0 Å². The lowest BCUT2D eigenvalue weighted by atomic mass is 10.0. The van der Waals surface area contributed by atoms with Crippen molar-refractivity contribution in [3.05, 3.63) is 102 Å². The van der Waals surface area contributed by atoms with Crippen molar-refractivity contribution in [1.29, 1.82) is 0 Å². The SMILES string of the molecule is CCOc1ccc(C2=C(N(C)Cc3ccccc3)C(=O)N(c3cccc(F)c3)C2=O)cc1. The summed E-state index contributed by atoms with van der Waals surface area (Å²) in [5.41, 5.74) is 2.35. The van der Waals surface area contributed by atoms with Crippen LogP contribution < -0.4 is 9.64 Å². The summed E-state index contributed by atoms with van der Waals surface area (Å²) >= 11 is 0. The normalized spacial score (nSPS) is 13.7. The van der Waals surface area contributed by atoms with Gasteiger partial charge in [0, 0.05) is 13.6 Å². The fourth-order valence-corrected chi connectivity index (χ4v) is 3.80. The summed E-state index contributed by atoms with van der Waals surface area (Å²) in [4.78, 5) is 29.7. The molecule has 0 bridgehead atoms. The lowest BCUT2D eigenvalue weighted by Crippen LogP contribution is -2.34. The van der Waals surface area contributed by atoms with Crippen LogP contribution in [0.4, 0.5) is 10.1 Å². The maximum absolute atomic E-state index is 13.9. The molecule has 5 nitrogen and oxygen atoms in total. The third kappa shape index (κ3) is 4.12. The average molecular weight is 430 g/mol. The molecule has 4 rings (SSSR count). The van der Waals surface area contributed by atoms with Gasteiger partial charge in [-0.15, -0.1) is 0 Å². The van der Waals surface area contributed by atoms with Gasteiger partial charge in [0.05, 0.1) is 17.9 Å². The fraction of sp³-hybridized carbons (Fsp3) is 0.154. The van der Waals surface area contributed by atoms with Crippen molar-refractivity contribution < 1.29 is 18.7 Å². The van der Waals surface area contributed by atoms with Gasteiger partial charge in [-0.2, -0.15) is 0 Å². The fourth-order valence-electron chi connectivity index (χ4n) is 3.80. The van der Waals surface area contributed by atoms with E-state index in [-0.39, 0.29) is 17.0 Å². The first-order chi connectivity index (χ1) is 15.5. The molecular formula is C26H23FN2O3. The van der Waals surface area contributed by atoms with Gasteiger partial charge in [0.25, 0.3) is 11.8 Å². The van der Waals surface area contributed by atoms with Crippen LogP contribution in [0.5, 0.6) is 5.75 Å². The van der Waals surface area contributed by atoms with Crippen molar-refractivity contribution >= 4 is 23.1 Å². The number of anilines is 1. The lowest BCUT2D eigenvalue weighted by Gasteiger charge is -2.21. The number of halogens is 1. The van der Waals surface area contributed by atoms with Gasteiger partial charge in [-0.1, -0.05) is 48.5 Å². The molecule has 0 radical (unpaired) electrons. The molecule has 32 heavy (non-hydrogen) atoms. The van der Waals surface area contributed by atoms with E-state index in [2.05, 4.69) is 0 Å². The minimum absolute atomic E-state index is 0.201. The van der Waals surface area contributed by atoms with Crippen LogP contribution in [-0.2, 0) is 16.1 Å². The average Bonchev–Trinajstić information content (AvgIpc) is 3.05. The van der Waals surface area contributed by atoms with Gasteiger partial charge in [0.1, 0.15) is 17.3 Å². The molecule has 3 aromatic rings. The highest BCUT2D eigenvalue weighted by Gasteiger charge is 2.41. The molecule has 0 saturated carbocycles. The van der Waals surface area contributed by atoms with E-state index in [1.165, 1.54) is 18.2 Å². The number of carbonyl (C=O) groups is 2. The Hall–Kier alpha value is -3.93. The van der Waals surface area contributed by atoms with E-state index in [0.29, 0.717) is 24.5 Å². The first kappa shape index (κ1) is 21.3. The van der Waals surface area contributed by atoms with Gasteiger partial charge in [0.15, 0.2) is 0 Å². The smallest absolute Gasteiger partial charge is 0.282 e. The summed E-state index contributed by atoms with van der Waals surface area (Å²) in [6.45, 7) is 2.85. The standard InChI is InChI=1S/C26H23FN2O3/c1-3-32-22-14-12-19(13-15-22)23-24(28(2)17-18-8-5-4-6-9-18)26(31)29(25(23)30)21-11-7-10-20(27)16-21/h4-16H,3,17H2,1-2H3. The highest BCUT2D eigenvalue weighted by Crippen LogP contribution is 2.35. The minimum Gasteiger partial charge on any atom is -0.494 e. The Morgan fingerprint density at radius 1 is 0.906 bits per heavy atom. The van der Waals surface area contributed by atoms with E-state index >= 15 is 0 Å². The molecule has 1 heterocycles. The summed E-state index contributed by atoms with van der Waals surface area (Å²) < 4.78 is 19.4. The Labute approximate surface area is 186 Å². The molecule has 0 unspecified atom stereocenters. The van der Waals surface area contributed by atoms with Crippen molar-refractivity contribution in [2.24, 2.45) is 0 Å². The molecule has 0 saturated heterocycles. The predicted molar refractivity (Wildman–Crippen MR) is 121 cm³/mol. The van der Waals surface area contributed by atoms with Crippen molar-refractivity contribution in [2.45, 2.75) is 13.5 Å². The summed E-state index contributed by atoms with van der Waals surface area (Å²) in [5, 5.41) is 0. The lowest BCUT2D eigenvalue weighted by molar-refractivity contribution is -0.120. The number of amides is 2. The molecule has 1 aliphatic heterocycles. The number of nitrogens with zero attached hydrogens (tertiary/aromatic N) is 2. The molecule has 0 fully saturated rings. The van der Waals surface area contributed by atoms with Crippen LogP contribution >= 0.6 is 0 Å². The summed E-state index contributed by atoms with van der Waals surface area (Å²) in [6, 6.07) is 22.2. The molecule has 1 aliphatic rings. The molecule has 0 aliphatic carbocycles. The topological polar surface area (TPSA) is 49.9 Å². The van der Waals surface area contributed by atoms with Gasteiger partial charge in [0.2, 0.25) is 0 Å². The number of carbonyl (C=O) groups excluding carboxylic acids is 2. The second-order valence-corrected chi connectivity index (χ2v) is 7.45. The second-order valence-electron chi connectivity index (χ2n) is 7.45. The van der Waals surface area contributed by atoms with Crippen LogP contribution in [0.3, 0.4) is 0 Å². The van der Waals surface area contributed by atoms with E-state index < -0.39 is 17.6 Å². The van der Waals surface area contributed by atoms with E-state index in [0.717, 1.165) is 10.5 Å². The Kier molecular flexibility index (Phi) is 6.03. The minimum atomic E-state index is -0.517. The van der Waals surface area contributed by atoms with Crippen molar-refractivity contribution in [3.8, 4) is 5.75 Å². The third-order valence-corrected chi connectivity index (χ3v) is 5.22. The van der Waals surface area contributed by atoms with Crippen LogP contribution in [0.25, 0.3) is 5.57 Å². The Bertz CT molecular complexity index is 1170. The van der Waals surface area contributed by atoms with E-state index in [9.17, 15) is 14.0 Å². The van der Waals surface area contributed by atoms with E-state index in [1.54, 1.807) is 42.3 Å². The maximum Gasteiger partial charge on any atom is 0.282 e. The van der Waals surface area contributed by atoms with E-state index in [1.807, 2.05) is 37.3 Å². The maximum atomic E-state index is 13.9. The number of hydrogen-bond acceptors (Lipinski definition) is 4. The summed E-state index contributed by atoms with van der Waals surface area (Å²) in [6.07, 6.45) is 0. The zero-order valence-corrected chi connectivity index (χ0v) is 17.9. The first-order valence-corrected chi connectivity index (χ1v) is 10.4. The summed E-state index contributed by atoms with van der Waals surface area (Å²) in [5.74, 6) is -0.811.